The number of aryl methyl sites for hydroxylation is 2. The van der Waals surface area contributed by atoms with Gasteiger partial charge in [0.1, 0.15) is 5.75 Å². The second kappa shape index (κ2) is 7.74. The Hall–Kier alpha value is -2.40. The lowest BCUT2D eigenvalue weighted by molar-refractivity contribution is -0.305. The SMILES string of the molecule is Cc1cc(/C=C/c2cccs2)cc(C)c1OC(=O)CCC(=O)[O-]. The maximum atomic E-state index is 11.7. The van der Waals surface area contributed by atoms with E-state index in [0.717, 1.165) is 21.6 Å². The molecule has 0 atom stereocenters. The van der Waals surface area contributed by atoms with Crippen LogP contribution in [0.3, 0.4) is 0 Å². The lowest BCUT2D eigenvalue weighted by Gasteiger charge is -2.12. The van der Waals surface area contributed by atoms with Gasteiger partial charge < -0.3 is 14.6 Å². The van der Waals surface area contributed by atoms with Crippen molar-refractivity contribution in [1.82, 2.24) is 0 Å². The predicted octanol–water partition coefficient (Wildman–Crippen LogP) is 2.97. The number of esters is 1. The van der Waals surface area contributed by atoms with Gasteiger partial charge in [-0.25, -0.2) is 0 Å². The zero-order valence-electron chi connectivity index (χ0n) is 13.0. The van der Waals surface area contributed by atoms with Gasteiger partial charge in [0.15, 0.2) is 0 Å². The second-order valence-electron chi connectivity index (χ2n) is 5.18. The van der Waals surface area contributed by atoms with Crippen LogP contribution in [0.25, 0.3) is 12.2 Å². The van der Waals surface area contributed by atoms with Gasteiger partial charge in [0.05, 0.1) is 6.42 Å². The van der Waals surface area contributed by atoms with Gasteiger partial charge in [-0.3, -0.25) is 4.79 Å². The molecule has 1 heterocycles. The summed E-state index contributed by atoms with van der Waals surface area (Å²) < 4.78 is 5.28. The Morgan fingerprint density at radius 2 is 1.87 bits per heavy atom. The van der Waals surface area contributed by atoms with Crippen LogP contribution in [-0.2, 0) is 9.59 Å². The van der Waals surface area contributed by atoms with Gasteiger partial charge in [-0.2, -0.15) is 0 Å². The van der Waals surface area contributed by atoms with E-state index < -0.39 is 11.9 Å². The maximum Gasteiger partial charge on any atom is 0.311 e. The quantitative estimate of drug-likeness (QED) is 0.603. The summed E-state index contributed by atoms with van der Waals surface area (Å²) in [5, 5.41) is 12.4. The summed E-state index contributed by atoms with van der Waals surface area (Å²) in [5.74, 6) is -1.34. The number of hydrogen-bond acceptors (Lipinski definition) is 5. The standard InChI is InChI=1S/C18H18O4S/c1-12-10-14(5-6-15-4-3-9-23-15)11-13(2)18(12)22-17(21)8-7-16(19)20/h3-6,9-11H,7-8H2,1-2H3,(H,19,20)/p-1/b6-5+. The van der Waals surface area contributed by atoms with E-state index in [1.54, 1.807) is 11.3 Å². The number of hydrogen-bond donors (Lipinski definition) is 0. The molecule has 1 aromatic carbocycles. The summed E-state index contributed by atoms with van der Waals surface area (Å²) in [4.78, 5) is 23.2. The molecule has 23 heavy (non-hydrogen) atoms. The molecule has 0 aliphatic rings. The van der Waals surface area contributed by atoms with Crippen molar-refractivity contribution < 1.29 is 19.4 Å². The van der Waals surface area contributed by atoms with E-state index in [0.29, 0.717) is 5.75 Å². The predicted molar refractivity (Wildman–Crippen MR) is 89.0 cm³/mol. The molecule has 2 aromatic rings. The molecule has 0 saturated heterocycles. The lowest BCUT2D eigenvalue weighted by atomic mass is 10.1. The number of carboxylic acids is 1. The number of carboxylic acid groups (broad SMARTS) is 1. The van der Waals surface area contributed by atoms with Crippen molar-refractivity contribution in [3.05, 3.63) is 51.2 Å². The molecule has 120 valence electrons. The number of aliphatic carboxylic acids is 1. The van der Waals surface area contributed by atoms with Crippen molar-refractivity contribution in [3.63, 3.8) is 0 Å². The summed E-state index contributed by atoms with van der Waals surface area (Å²) in [7, 11) is 0. The van der Waals surface area contributed by atoms with Crippen LogP contribution in [0.15, 0.2) is 29.6 Å². The third-order valence-corrected chi connectivity index (χ3v) is 4.05. The van der Waals surface area contributed by atoms with Crippen molar-refractivity contribution in [2.75, 3.05) is 0 Å². The molecule has 1 aromatic heterocycles. The first kappa shape index (κ1) is 17.0. The molecular weight excluding hydrogens is 312 g/mol. The van der Waals surface area contributed by atoms with E-state index in [9.17, 15) is 14.7 Å². The molecule has 5 heteroatoms. The minimum atomic E-state index is -1.26. The fourth-order valence-electron chi connectivity index (χ4n) is 2.17. The Balaban J connectivity index is 2.10. The van der Waals surface area contributed by atoms with Crippen LogP contribution < -0.4 is 9.84 Å². The van der Waals surface area contributed by atoms with Crippen molar-refractivity contribution in [3.8, 4) is 5.75 Å². The van der Waals surface area contributed by atoms with Crippen LogP contribution in [0.1, 0.15) is 34.4 Å². The highest BCUT2D eigenvalue weighted by atomic mass is 32.1. The number of carbonyl (C=O) groups excluding carboxylic acids is 2. The summed E-state index contributed by atoms with van der Waals surface area (Å²) in [6, 6.07) is 7.89. The molecular formula is C18H17O4S-. The lowest BCUT2D eigenvalue weighted by Crippen LogP contribution is -2.23. The van der Waals surface area contributed by atoms with Crippen molar-refractivity contribution in [1.29, 1.82) is 0 Å². The van der Waals surface area contributed by atoms with Crippen molar-refractivity contribution >= 4 is 35.4 Å². The molecule has 0 fully saturated rings. The maximum absolute atomic E-state index is 11.7. The van der Waals surface area contributed by atoms with Crippen LogP contribution in [0, 0.1) is 13.8 Å². The van der Waals surface area contributed by atoms with Crippen LogP contribution in [0.5, 0.6) is 5.75 Å². The van der Waals surface area contributed by atoms with Gasteiger partial charge in [-0.05, 0) is 66.6 Å². The molecule has 4 nitrogen and oxygen atoms in total. The molecule has 0 aliphatic heterocycles. The average molecular weight is 329 g/mol. The zero-order valence-corrected chi connectivity index (χ0v) is 13.8. The number of benzene rings is 1. The van der Waals surface area contributed by atoms with Gasteiger partial charge >= 0.3 is 5.97 Å². The molecule has 2 rings (SSSR count). The minimum absolute atomic E-state index is 0.193. The minimum Gasteiger partial charge on any atom is -0.550 e. The Kier molecular flexibility index (Phi) is 5.71. The molecule has 0 spiro atoms. The Morgan fingerprint density at radius 3 is 2.43 bits per heavy atom. The smallest absolute Gasteiger partial charge is 0.311 e. The first-order chi connectivity index (χ1) is 11.0. The number of thiophene rings is 1. The van der Waals surface area contributed by atoms with Gasteiger partial charge in [-0.1, -0.05) is 12.1 Å². The van der Waals surface area contributed by atoms with E-state index >= 15 is 0 Å². The topological polar surface area (TPSA) is 66.4 Å². The molecule has 0 saturated carbocycles. The molecule has 0 bridgehead atoms. The zero-order chi connectivity index (χ0) is 16.8. The van der Waals surface area contributed by atoms with E-state index in [4.69, 9.17) is 4.74 Å². The summed E-state index contributed by atoms with van der Waals surface area (Å²) >= 11 is 1.66. The Bertz CT molecular complexity index is 706. The molecule has 0 N–H and O–H groups in total. The second-order valence-corrected chi connectivity index (χ2v) is 6.16. The number of rotatable bonds is 6. The molecule has 0 radical (unpaired) electrons. The molecule has 0 amide bonds. The fraction of sp³-hybridized carbons (Fsp3) is 0.222. The number of ether oxygens (including phenoxy) is 1. The summed E-state index contributed by atoms with van der Waals surface area (Å²) in [6.45, 7) is 3.72. The van der Waals surface area contributed by atoms with Gasteiger partial charge in [-0.15, -0.1) is 11.3 Å². The third kappa shape index (κ3) is 5.07. The highest BCUT2D eigenvalue weighted by Crippen LogP contribution is 2.26. The fourth-order valence-corrected chi connectivity index (χ4v) is 2.79. The highest BCUT2D eigenvalue weighted by molar-refractivity contribution is 7.10. The molecule has 0 unspecified atom stereocenters. The van der Waals surface area contributed by atoms with E-state index in [2.05, 4.69) is 0 Å². The van der Waals surface area contributed by atoms with Crippen molar-refractivity contribution in [2.24, 2.45) is 0 Å². The van der Waals surface area contributed by atoms with Crippen LogP contribution in [0.2, 0.25) is 0 Å². The summed E-state index contributed by atoms with van der Waals surface area (Å²) in [6.07, 6.45) is 3.51. The monoisotopic (exact) mass is 329 g/mol. The first-order valence-corrected chi connectivity index (χ1v) is 8.07. The van der Waals surface area contributed by atoms with E-state index in [1.807, 2.05) is 55.6 Å². The van der Waals surface area contributed by atoms with Gasteiger partial charge in [0.2, 0.25) is 0 Å². The normalized spacial score (nSPS) is 10.9. The van der Waals surface area contributed by atoms with Crippen LogP contribution in [-0.4, -0.2) is 11.9 Å². The Labute approximate surface area is 139 Å². The van der Waals surface area contributed by atoms with Crippen molar-refractivity contribution in [2.45, 2.75) is 26.7 Å². The van der Waals surface area contributed by atoms with E-state index in [-0.39, 0.29) is 12.8 Å². The molecule has 0 aliphatic carbocycles. The third-order valence-electron chi connectivity index (χ3n) is 3.22. The van der Waals surface area contributed by atoms with Crippen LogP contribution in [0.4, 0.5) is 0 Å². The van der Waals surface area contributed by atoms with Gasteiger partial charge in [0.25, 0.3) is 0 Å². The van der Waals surface area contributed by atoms with Gasteiger partial charge in [0, 0.05) is 10.8 Å². The Morgan fingerprint density at radius 1 is 1.17 bits per heavy atom. The largest absolute Gasteiger partial charge is 0.550 e. The summed E-state index contributed by atoms with van der Waals surface area (Å²) in [5.41, 5.74) is 2.68. The highest BCUT2D eigenvalue weighted by Gasteiger charge is 2.11. The van der Waals surface area contributed by atoms with Crippen LogP contribution >= 0.6 is 11.3 Å². The average Bonchev–Trinajstić information content (AvgIpc) is 3.00. The van der Waals surface area contributed by atoms with E-state index in [1.165, 1.54) is 0 Å². The first-order valence-electron chi connectivity index (χ1n) is 7.19. The number of carbonyl (C=O) groups is 2.